The minimum atomic E-state index is -0.358. The van der Waals surface area contributed by atoms with Crippen LogP contribution < -0.4 is 0 Å². The molecular weight excluding hydrogens is 136 g/mol. The van der Waals surface area contributed by atoms with Gasteiger partial charge in [0.2, 0.25) is 0 Å². The Balaban J connectivity index is 3.91. The number of aliphatic hydroxyl groups excluding tert-OH is 1. The first kappa shape index (κ1) is 10.3. The molecule has 0 rings (SSSR count). The summed E-state index contributed by atoms with van der Waals surface area (Å²) in [6.07, 6.45) is 7.14. The number of rotatable bonds is 4. The number of hydrogen-bond acceptors (Lipinski definition) is 1. The van der Waals surface area contributed by atoms with Crippen LogP contribution in [0.25, 0.3) is 0 Å². The highest BCUT2D eigenvalue weighted by atomic mass is 16.3. The van der Waals surface area contributed by atoms with Crippen molar-refractivity contribution in [3.05, 3.63) is 12.7 Å². The summed E-state index contributed by atoms with van der Waals surface area (Å²) in [5, 5.41) is 9.55. The molecule has 0 amide bonds. The van der Waals surface area contributed by atoms with Crippen molar-refractivity contribution in [2.24, 2.45) is 11.8 Å². The highest BCUT2D eigenvalue weighted by Crippen LogP contribution is 2.15. The van der Waals surface area contributed by atoms with E-state index >= 15 is 0 Å². The van der Waals surface area contributed by atoms with E-state index in [1.54, 1.807) is 6.08 Å². The number of terminal acetylenes is 1. The van der Waals surface area contributed by atoms with E-state index in [0.717, 1.165) is 0 Å². The lowest BCUT2D eigenvalue weighted by atomic mass is 9.91. The zero-order valence-corrected chi connectivity index (χ0v) is 7.25. The quantitative estimate of drug-likeness (QED) is 0.481. The second kappa shape index (κ2) is 4.98. The van der Waals surface area contributed by atoms with Gasteiger partial charge >= 0.3 is 0 Å². The molecule has 0 aromatic rings. The van der Waals surface area contributed by atoms with Crippen molar-refractivity contribution in [3.8, 4) is 12.3 Å². The van der Waals surface area contributed by atoms with Crippen LogP contribution in [-0.2, 0) is 0 Å². The molecule has 0 aromatic heterocycles. The van der Waals surface area contributed by atoms with Crippen molar-refractivity contribution in [2.45, 2.75) is 26.4 Å². The van der Waals surface area contributed by atoms with E-state index < -0.39 is 0 Å². The monoisotopic (exact) mass is 152 g/mol. The third-order valence-corrected chi connectivity index (χ3v) is 1.93. The summed E-state index contributed by atoms with van der Waals surface area (Å²) in [5.41, 5.74) is 0. The van der Waals surface area contributed by atoms with Crippen LogP contribution in [0.5, 0.6) is 0 Å². The molecule has 11 heavy (non-hydrogen) atoms. The van der Waals surface area contributed by atoms with Crippen molar-refractivity contribution in [2.75, 3.05) is 0 Å². The van der Waals surface area contributed by atoms with Gasteiger partial charge in [0.25, 0.3) is 0 Å². The van der Waals surface area contributed by atoms with Gasteiger partial charge in [-0.3, -0.25) is 0 Å². The van der Waals surface area contributed by atoms with E-state index in [0.29, 0.717) is 6.42 Å². The normalized spacial score (nSPS) is 18.0. The van der Waals surface area contributed by atoms with Crippen LogP contribution in [0.3, 0.4) is 0 Å². The SMILES string of the molecule is C#CC[C@H](C)[C@H](O)[C@H](C)C=C. The van der Waals surface area contributed by atoms with Gasteiger partial charge in [0.1, 0.15) is 0 Å². The first-order valence-corrected chi connectivity index (χ1v) is 3.87. The van der Waals surface area contributed by atoms with Gasteiger partial charge < -0.3 is 5.11 Å². The van der Waals surface area contributed by atoms with Gasteiger partial charge in [-0.15, -0.1) is 18.9 Å². The maximum absolute atomic E-state index is 9.55. The molecule has 3 atom stereocenters. The van der Waals surface area contributed by atoms with Crippen LogP contribution in [-0.4, -0.2) is 11.2 Å². The smallest absolute Gasteiger partial charge is 0.0634 e. The van der Waals surface area contributed by atoms with Gasteiger partial charge in [-0.2, -0.15) is 0 Å². The van der Waals surface area contributed by atoms with E-state index in [1.807, 2.05) is 13.8 Å². The molecule has 62 valence electrons. The molecule has 0 saturated carbocycles. The number of aliphatic hydroxyl groups is 1. The third-order valence-electron chi connectivity index (χ3n) is 1.93. The summed E-state index contributed by atoms with van der Waals surface area (Å²) in [6, 6.07) is 0. The highest BCUT2D eigenvalue weighted by Gasteiger charge is 2.17. The maximum Gasteiger partial charge on any atom is 0.0634 e. The van der Waals surface area contributed by atoms with Gasteiger partial charge in [0.15, 0.2) is 0 Å². The molecule has 1 N–H and O–H groups in total. The highest BCUT2D eigenvalue weighted by molar-refractivity contribution is 4.91. The standard InChI is InChI=1S/C10H16O/c1-5-7-9(4)10(11)8(3)6-2/h1,6,8-11H,2,7H2,3-4H3/t8-,9+,10-/m1/s1. The van der Waals surface area contributed by atoms with Crippen molar-refractivity contribution < 1.29 is 5.11 Å². The molecule has 1 nitrogen and oxygen atoms in total. The number of hydrogen-bond donors (Lipinski definition) is 1. The Morgan fingerprint density at radius 3 is 2.55 bits per heavy atom. The van der Waals surface area contributed by atoms with Crippen LogP contribution in [0.2, 0.25) is 0 Å². The van der Waals surface area contributed by atoms with E-state index in [1.165, 1.54) is 0 Å². The molecule has 0 fully saturated rings. The Hall–Kier alpha value is -0.740. The largest absolute Gasteiger partial charge is 0.392 e. The topological polar surface area (TPSA) is 20.2 Å². The Kier molecular flexibility index (Phi) is 4.65. The fourth-order valence-electron chi connectivity index (χ4n) is 0.964. The maximum atomic E-state index is 9.55. The lowest BCUT2D eigenvalue weighted by molar-refractivity contribution is 0.0854. The van der Waals surface area contributed by atoms with Gasteiger partial charge in [-0.05, 0) is 11.8 Å². The summed E-state index contributed by atoms with van der Waals surface area (Å²) < 4.78 is 0. The molecule has 0 unspecified atom stereocenters. The molecule has 0 radical (unpaired) electrons. The summed E-state index contributed by atoms with van der Waals surface area (Å²) in [5.74, 6) is 2.82. The predicted molar refractivity (Wildman–Crippen MR) is 48.0 cm³/mol. The van der Waals surface area contributed by atoms with Crippen molar-refractivity contribution in [1.29, 1.82) is 0 Å². The summed E-state index contributed by atoms with van der Waals surface area (Å²) in [4.78, 5) is 0. The van der Waals surface area contributed by atoms with Crippen molar-refractivity contribution in [3.63, 3.8) is 0 Å². The molecule has 0 saturated heterocycles. The van der Waals surface area contributed by atoms with Gasteiger partial charge in [-0.25, -0.2) is 0 Å². The Morgan fingerprint density at radius 1 is 1.64 bits per heavy atom. The van der Waals surface area contributed by atoms with Gasteiger partial charge in [0, 0.05) is 6.42 Å². The molecular formula is C10H16O. The molecule has 0 aromatic carbocycles. The first-order valence-electron chi connectivity index (χ1n) is 3.87. The minimum Gasteiger partial charge on any atom is -0.392 e. The van der Waals surface area contributed by atoms with Crippen LogP contribution >= 0.6 is 0 Å². The lowest BCUT2D eigenvalue weighted by Crippen LogP contribution is -2.23. The summed E-state index contributed by atoms with van der Waals surface area (Å²) in [6.45, 7) is 7.50. The van der Waals surface area contributed by atoms with E-state index in [2.05, 4.69) is 12.5 Å². The minimum absolute atomic E-state index is 0.123. The lowest BCUT2D eigenvalue weighted by Gasteiger charge is -2.20. The van der Waals surface area contributed by atoms with Crippen LogP contribution in [0.1, 0.15) is 20.3 Å². The summed E-state index contributed by atoms with van der Waals surface area (Å²) in [7, 11) is 0. The van der Waals surface area contributed by atoms with E-state index in [-0.39, 0.29) is 17.9 Å². The third kappa shape index (κ3) is 3.25. The first-order chi connectivity index (χ1) is 5.13. The molecule has 0 bridgehead atoms. The van der Waals surface area contributed by atoms with E-state index in [4.69, 9.17) is 6.42 Å². The average molecular weight is 152 g/mol. The fraction of sp³-hybridized carbons (Fsp3) is 0.600. The van der Waals surface area contributed by atoms with Crippen LogP contribution in [0.4, 0.5) is 0 Å². The zero-order chi connectivity index (χ0) is 8.85. The second-order valence-electron chi connectivity index (χ2n) is 2.97. The molecule has 0 aliphatic heterocycles. The molecule has 1 heteroatoms. The zero-order valence-electron chi connectivity index (χ0n) is 7.25. The van der Waals surface area contributed by atoms with Crippen molar-refractivity contribution >= 4 is 0 Å². The fourth-order valence-corrected chi connectivity index (χ4v) is 0.964. The Bertz CT molecular complexity index is 155. The van der Waals surface area contributed by atoms with Crippen LogP contribution in [0.15, 0.2) is 12.7 Å². The van der Waals surface area contributed by atoms with Crippen LogP contribution in [0, 0.1) is 24.2 Å². The molecule has 0 heterocycles. The van der Waals surface area contributed by atoms with Crippen molar-refractivity contribution in [1.82, 2.24) is 0 Å². The van der Waals surface area contributed by atoms with Gasteiger partial charge in [0.05, 0.1) is 6.10 Å². The molecule has 0 aliphatic rings. The average Bonchev–Trinajstić information content (AvgIpc) is 2.02. The molecule has 0 aliphatic carbocycles. The van der Waals surface area contributed by atoms with E-state index in [9.17, 15) is 5.11 Å². The predicted octanol–water partition coefficient (Wildman–Crippen LogP) is 1.83. The second-order valence-corrected chi connectivity index (χ2v) is 2.97. The Labute approximate surface area is 69.1 Å². The van der Waals surface area contributed by atoms with Gasteiger partial charge in [-0.1, -0.05) is 19.9 Å². The summed E-state index contributed by atoms with van der Waals surface area (Å²) >= 11 is 0. The molecule has 0 spiro atoms. The Morgan fingerprint density at radius 2 is 2.18 bits per heavy atom.